The zero-order chi connectivity index (χ0) is 12.5. The molecule has 0 unspecified atom stereocenters. The molecule has 6 heteroatoms. The lowest BCUT2D eigenvalue weighted by atomic mass is 10.3. The molecule has 2 heterocycles. The molecule has 1 aromatic carbocycles. The normalized spacial score (nSPS) is 16.7. The summed E-state index contributed by atoms with van der Waals surface area (Å²) in [5, 5.41) is 2.81. The predicted molar refractivity (Wildman–Crippen MR) is 68.3 cm³/mol. The van der Waals surface area contributed by atoms with E-state index in [9.17, 15) is 4.79 Å². The number of nitrogens with one attached hydrogen (secondary N) is 1. The number of nitrogens with two attached hydrogens (primary N) is 1. The number of oxazole rings is 1. The number of fused-ring (bicyclic) bond motifs is 1. The van der Waals surface area contributed by atoms with Crippen molar-refractivity contribution in [3.63, 3.8) is 0 Å². The second-order valence-corrected chi connectivity index (χ2v) is 4.32. The molecule has 18 heavy (non-hydrogen) atoms. The molecule has 94 valence electrons. The van der Waals surface area contributed by atoms with E-state index in [2.05, 4.69) is 10.3 Å². The smallest absolute Gasteiger partial charge is 0.298 e. The van der Waals surface area contributed by atoms with E-state index in [1.165, 1.54) is 0 Å². The highest BCUT2D eigenvalue weighted by molar-refractivity contribution is 5.87. The fourth-order valence-corrected chi connectivity index (χ4v) is 2.06. The molecule has 3 rings (SSSR count). The fourth-order valence-electron chi connectivity index (χ4n) is 2.06. The maximum Gasteiger partial charge on any atom is 0.298 e. The van der Waals surface area contributed by atoms with E-state index in [1.807, 2.05) is 17.0 Å². The second kappa shape index (κ2) is 4.21. The number of benzene rings is 1. The van der Waals surface area contributed by atoms with Gasteiger partial charge in [-0.15, -0.1) is 0 Å². The quantitative estimate of drug-likeness (QED) is 0.725. The highest BCUT2D eigenvalue weighted by Gasteiger charge is 2.20. The zero-order valence-corrected chi connectivity index (χ0v) is 9.85. The monoisotopic (exact) mass is 246 g/mol. The van der Waals surface area contributed by atoms with Crippen molar-refractivity contribution in [3.8, 4) is 0 Å². The van der Waals surface area contributed by atoms with Gasteiger partial charge >= 0.3 is 0 Å². The molecule has 1 saturated heterocycles. The van der Waals surface area contributed by atoms with Crippen LogP contribution in [0.25, 0.3) is 11.1 Å². The van der Waals surface area contributed by atoms with Crippen LogP contribution in [-0.2, 0) is 4.79 Å². The van der Waals surface area contributed by atoms with Crippen molar-refractivity contribution in [2.75, 3.05) is 30.3 Å². The summed E-state index contributed by atoms with van der Waals surface area (Å²) in [5.41, 5.74) is 7.72. The lowest BCUT2D eigenvalue weighted by Crippen LogP contribution is -2.33. The second-order valence-electron chi connectivity index (χ2n) is 4.32. The maximum atomic E-state index is 11.5. The largest absolute Gasteiger partial charge is 0.423 e. The van der Waals surface area contributed by atoms with Gasteiger partial charge in [-0.1, -0.05) is 6.07 Å². The van der Waals surface area contributed by atoms with Crippen molar-refractivity contribution >= 4 is 28.7 Å². The zero-order valence-electron chi connectivity index (χ0n) is 9.85. The first-order valence-corrected chi connectivity index (χ1v) is 5.91. The van der Waals surface area contributed by atoms with Gasteiger partial charge < -0.3 is 20.4 Å². The minimum atomic E-state index is -0.0114. The lowest BCUT2D eigenvalue weighted by molar-refractivity contribution is -0.119. The van der Waals surface area contributed by atoms with Crippen LogP contribution in [0.15, 0.2) is 22.6 Å². The minimum absolute atomic E-state index is 0.0114. The number of nitrogens with zero attached hydrogens (tertiary/aromatic N) is 2. The van der Waals surface area contributed by atoms with Gasteiger partial charge in [0.2, 0.25) is 5.91 Å². The predicted octanol–water partition coefficient (Wildman–Crippen LogP) is 0.736. The number of anilines is 2. The van der Waals surface area contributed by atoms with Crippen LogP contribution in [0.1, 0.15) is 6.42 Å². The van der Waals surface area contributed by atoms with Crippen LogP contribution in [0.4, 0.5) is 11.7 Å². The third-order valence-corrected chi connectivity index (χ3v) is 2.97. The molecule has 1 fully saturated rings. The number of para-hydroxylation sites is 1. The number of carbonyl (C=O) groups excluding carboxylic acids is 1. The number of amides is 1. The molecule has 0 spiro atoms. The first kappa shape index (κ1) is 10.9. The summed E-state index contributed by atoms with van der Waals surface area (Å²) in [4.78, 5) is 17.7. The Bertz CT molecular complexity index is 593. The van der Waals surface area contributed by atoms with Gasteiger partial charge in [-0.05, 0) is 18.6 Å². The molecule has 1 aromatic heterocycles. The number of aromatic nitrogens is 1. The average molecular weight is 246 g/mol. The summed E-state index contributed by atoms with van der Waals surface area (Å²) in [6, 6.07) is 5.88. The van der Waals surface area contributed by atoms with E-state index in [-0.39, 0.29) is 12.5 Å². The van der Waals surface area contributed by atoms with Gasteiger partial charge in [0.25, 0.3) is 6.01 Å². The first-order valence-electron chi connectivity index (χ1n) is 5.91. The number of carbonyl (C=O) groups is 1. The molecule has 2 aromatic rings. The number of rotatable bonds is 1. The Morgan fingerprint density at radius 2 is 2.33 bits per heavy atom. The van der Waals surface area contributed by atoms with Gasteiger partial charge in [-0.2, -0.15) is 4.98 Å². The number of hydrogen-bond donors (Lipinski definition) is 2. The van der Waals surface area contributed by atoms with E-state index < -0.39 is 0 Å². The van der Waals surface area contributed by atoms with Gasteiger partial charge in [-0.3, -0.25) is 4.79 Å². The van der Waals surface area contributed by atoms with Crippen LogP contribution in [0.5, 0.6) is 0 Å². The Hall–Kier alpha value is -2.24. The average Bonchev–Trinajstić information content (AvgIpc) is 2.67. The summed E-state index contributed by atoms with van der Waals surface area (Å²) in [7, 11) is 0. The van der Waals surface area contributed by atoms with Gasteiger partial charge in [0.05, 0.1) is 5.69 Å². The Labute approximate surface area is 104 Å². The molecule has 3 N–H and O–H groups in total. The maximum absolute atomic E-state index is 11.5. The van der Waals surface area contributed by atoms with Gasteiger partial charge in [0, 0.05) is 13.1 Å². The molecule has 1 aliphatic rings. The molecule has 1 aliphatic heterocycles. The minimum Gasteiger partial charge on any atom is -0.423 e. The Balaban J connectivity index is 1.98. The lowest BCUT2D eigenvalue weighted by Gasteiger charge is -2.15. The van der Waals surface area contributed by atoms with Crippen LogP contribution in [0, 0.1) is 0 Å². The Kier molecular flexibility index (Phi) is 2.55. The molecule has 0 saturated carbocycles. The molecule has 6 nitrogen and oxygen atoms in total. The fraction of sp³-hybridized carbons (Fsp3) is 0.333. The SMILES string of the molecule is Nc1cccc2oc(N3CCCNC(=O)C3)nc12. The third-order valence-electron chi connectivity index (χ3n) is 2.97. The molecule has 0 atom stereocenters. The van der Waals surface area contributed by atoms with Crippen LogP contribution in [-0.4, -0.2) is 30.5 Å². The van der Waals surface area contributed by atoms with Crippen molar-refractivity contribution in [1.82, 2.24) is 10.3 Å². The summed E-state index contributed by atoms with van der Waals surface area (Å²) in [6.45, 7) is 1.70. The molecular weight excluding hydrogens is 232 g/mol. The number of nitrogen functional groups attached to an aromatic ring is 1. The highest BCUT2D eigenvalue weighted by Crippen LogP contribution is 2.26. The van der Waals surface area contributed by atoms with Crippen LogP contribution >= 0.6 is 0 Å². The molecule has 0 bridgehead atoms. The third kappa shape index (κ3) is 1.85. The van der Waals surface area contributed by atoms with Crippen molar-refractivity contribution in [2.24, 2.45) is 0 Å². The molecule has 0 radical (unpaired) electrons. The summed E-state index contributed by atoms with van der Waals surface area (Å²) in [6.07, 6.45) is 0.875. The van der Waals surface area contributed by atoms with E-state index in [0.29, 0.717) is 29.3 Å². The highest BCUT2D eigenvalue weighted by atomic mass is 16.4. The number of hydrogen-bond acceptors (Lipinski definition) is 5. The van der Waals surface area contributed by atoms with Crippen LogP contribution in [0.2, 0.25) is 0 Å². The summed E-state index contributed by atoms with van der Waals surface area (Å²) in [5.74, 6) is -0.0114. The summed E-state index contributed by atoms with van der Waals surface area (Å²) >= 11 is 0. The van der Waals surface area contributed by atoms with E-state index in [1.54, 1.807) is 6.07 Å². The van der Waals surface area contributed by atoms with E-state index in [0.717, 1.165) is 13.0 Å². The Morgan fingerprint density at radius 3 is 3.17 bits per heavy atom. The Morgan fingerprint density at radius 1 is 1.44 bits per heavy atom. The molecule has 1 amide bonds. The topological polar surface area (TPSA) is 84.4 Å². The van der Waals surface area contributed by atoms with Gasteiger partial charge in [0.1, 0.15) is 12.1 Å². The molecular formula is C12H14N4O2. The standard InChI is InChI=1S/C12H14N4O2/c13-8-3-1-4-9-11(8)15-12(18-9)16-6-2-5-14-10(17)7-16/h1,3-4H,2,5-7,13H2,(H,14,17). The van der Waals surface area contributed by atoms with Crippen molar-refractivity contribution in [3.05, 3.63) is 18.2 Å². The van der Waals surface area contributed by atoms with E-state index >= 15 is 0 Å². The van der Waals surface area contributed by atoms with Crippen LogP contribution < -0.4 is 16.0 Å². The van der Waals surface area contributed by atoms with Gasteiger partial charge in [0.15, 0.2) is 5.58 Å². The van der Waals surface area contributed by atoms with E-state index in [4.69, 9.17) is 10.2 Å². The molecule has 0 aliphatic carbocycles. The summed E-state index contributed by atoms with van der Waals surface area (Å²) < 4.78 is 5.65. The van der Waals surface area contributed by atoms with Crippen molar-refractivity contribution in [2.45, 2.75) is 6.42 Å². The first-order chi connectivity index (χ1) is 8.74. The van der Waals surface area contributed by atoms with Crippen molar-refractivity contribution in [1.29, 1.82) is 0 Å². The van der Waals surface area contributed by atoms with Crippen molar-refractivity contribution < 1.29 is 9.21 Å². The van der Waals surface area contributed by atoms with Gasteiger partial charge in [-0.25, -0.2) is 0 Å². The van der Waals surface area contributed by atoms with Crippen LogP contribution in [0.3, 0.4) is 0 Å².